The number of pyridine rings is 1. The van der Waals surface area contributed by atoms with E-state index in [4.69, 9.17) is 0 Å². The van der Waals surface area contributed by atoms with Crippen molar-refractivity contribution >= 4 is 22.6 Å². The monoisotopic (exact) mass is 495 g/mol. The van der Waals surface area contributed by atoms with E-state index in [0.29, 0.717) is 31.5 Å². The maximum atomic E-state index is 12.9. The van der Waals surface area contributed by atoms with Crippen LogP contribution in [-0.2, 0) is 0 Å². The van der Waals surface area contributed by atoms with Crippen molar-refractivity contribution in [3.05, 3.63) is 72.6 Å². The lowest BCUT2D eigenvalue weighted by atomic mass is 10.0. The highest BCUT2D eigenvalue weighted by molar-refractivity contribution is 5.98. The number of rotatable bonds is 4. The number of likely N-dealkylation sites (tertiary alicyclic amines) is 1. The summed E-state index contributed by atoms with van der Waals surface area (Å²) in [5.74, 6) is 0.0290. The maximum Gasteiger partial charge on any atom is 0.253 e. The van der Waals surface area contributed by atoms with E-state index in [0.717, 1.165) is 59.5 Å². The first-order valence-electron chi connectivity index (χ1n) is 13.1. The molecule has 2 fully saturated rings. The van der Waals surface area contributed by atoms with Crippen LogP contribution < -0.4 is 4.90 Å². The Morgan fingerprint density at radius 2 is 1.57 bits per heavy atom. The van der Waals surface area contributed by atoms with Crippen molar-refractivity contribution in [1.29, 1.82) is 0 Å². The molecule has 2 aliphatic heterocycles. The molecule has 0 unspecified atom stereocenters. The fraction of sp³-hybridized carbons (Fsp3) is 0.333. The van der Waals surface area contributed by atoms with Gasteiger partial charge in [0.15, 0.2) is 0 Å². The third-order valence-corrected chi connectivity index (χ3v) is 7.79. The molecule has 0 radical (unpaired) electrons. The molecule has 2 aromatic heterocycles. The van der Waals surface area contributed by atoms with Crippen LogP contribution in [0, 0.1) is 0 Å². The summed E-state index contributed by atoms with van der Waals surface area (Å²) in [5.41, 5.74) is 7.13. The lowest BCUT2D eigenvalue weighted by Gasteiger charge is -2.34. The fourth-order valence-electron chi connectivity index (χ4n) is 5.37. The molecule has 0 spiro atoms. The number of aromatic nitrogens is 2. The summed E-state index contributed by atoms with van der Waals surface area (Å²) in [6, 6.07) is 18.8. The zero-order valence-corrected chi connectivity index (χ0v) is 21.2. The molecule has 0 atom stereocenters. The van der Waals surface area contributed by atoms with Crippen LogP contribution in [0.1, 0.15) is 23.2 Å². The number of aliphatic hydroxyl groups excluding tert-OH is 1. The maximum absolute atomic E-state index is 12.9. The first-order chi connectivity index (χ1) is 18.0. The number of amides is 1. The molecule has 0 bridgehead atoms. The normalized spacial score (nSPS) is 17.5. The van der Waals surface area contributed by atoms with Gasteiger partial charge in [-0.15, -0.1) is 0 Å². The second-order valence-electron chi connectivity index (χ2n) is 10.3. The average Bonchev–Trinajstić information content (AvgIpc) is 3.37. The highest BCUT2D eigenvalue weighted by Gasteiger charge is 2.22. The van der Waals surface area contributed by atoms with Gasteiger partial charge in [-0.2, -0.15) is 0 Å². The molecule has 190 valence electrons. The number of H-pyrrole nitrogens is 1. The van der Waals surface area contributed by atoms with Gasteiger partial charge >= 0.3 is 0 Å². The van der Waals surface area contributed by atoms with Crippen LogP contribution in [0.15, 0.2) is 67.0 Å². The zero-order valence-electron chi connectivity index (χ0n) is 21.2. The lowest BCUT2D eigenvalue weighted by molar-refractivity contribution is 0.0546. The summed E-state index contributed by atoms with van der Waals surface area (Å²) < 4.78 is 0. The molecule has 4 aromatic rings. The highest BCUT2D eigenvalue weighted by atomic mass is 16.3. The van der Waals surface area contributed by atoms with E-state index in [2.05, 4.69) is 57.1 Å². The molecule has 2 aromatic carbocycles. The number of benzene rings is 2. The van der Waals surface area contributed by atoms with Gasteiger partial charge in [0.2, 0.25) is 0 Å². The van der Waals surface area contributed by atoms with Gasteiger partial charge in [-0.1, -0.05) is 24.3 Å². The Bertz CT molecular complexity index is 1380. The summed E-state index contributed by atoms with van der Waals surface area (Å²) in [7, 11) is 2.18. The van der Waals surface area contributed by atoms with Crippen LogP contribution in [0.2, 0.25) is 0 Å². The first-order valence-corrected chi connectivity index (χ1v) is 13.1. The second-order valence-corrected chi connectivity index (χ2v) is 10.3. The van der Waals surface area contributed by atoms with Crippen LogP contribution in [0.5, 0.6) is 0 Å². The smallest absolute Gasteiger partial charge is 0.253 e. The summed E-state index contributed by atoms with van der Waals surface area (Å²) in [6.45, 7) is 5.51. The van der Waals surface area contributed by atoms with E-state index in [1.54, 1.807) is 0 Å². The van der Waals surface area contributed by atoms with Gasteiger partial charge < -0.3 is 24.8 Å². The van der Waals surface area contributed by atoms with Crippen molar-refractivity contribution in [3.8, 4) is 22.3 Å². The minimum absolute atomic E-state index is 0.0290. The topological polar surface area (TPSA) is 75.7 Å². The Kier molecular flexibility index (Phi) is 6.40. The first kappa shape index (κ1) is 23.7. The molecule has 6 rings (SSSR count). The molecule has 1 amide bonds. The van der Waals surface area contributed by atoms with Crippen LogP contribution in [0.4, 0.5) is 5.69 Å². The summed E-state index contributed by atoms with van der Waals surface area (Å²) in [4.78, 5) is 27.5. The Morgan fingerprint density at radius 3 is 2.27 bits per heavy atom. The predicted octanol–water partition coefficient (Wildman–Crippen LogP) is 4.25. The zero-order chi connectivity index (χ0) is 25.4. The number of fused-ring (bicyclic) bond motifs is 1. The van der Waals surface area contributed by atoms with Gasteiger partial charge in [-0.3, -0.25) is 4.79 Å². The molecule has 0 saturated carbocycles. The molecule has 0 aliphatic carbocycles. The molecule has 7 nitrogen and oxygen atoms in total. The molecule has 2 saturated heterocycles. The summed E-state index contributed by atoms with van der Waals surface area (Å²) >= 11 is 0. The minimum Gasteiger partial charge on any atom is -0.393 e. The molecule has 2 aliphatic rings. The van der Waals surface area contributed by atoms with Crippen molar-refractivity contribution < 1.29 is 9.90 Å². The van der Waals surface area contributed by atoms with Crippen molar-refractivity contribution in [2.75, 3.05) is 51.2 Å². The Hall–Kier alpha value is -3.68. The van der Waals surface area contributed by atoms with Crippen LogP contribution >= 0.6 is 0 Å². The van der Waals surface area contributed by atoms with Gasteiger partial charge in [-0.25, -0.2) is 4.98 Å². The number of likely N-dealkylation sites (N-methyl/N-ethyl adjacent to an activating group) is 1. The fourth-order valence-corrected chi connectivity index (χ4v) is 5.37. The van der Waals surface area contributed by atoms with E-state index in [9.17, 15) is 9.90 Å². The minimum atomic E-state index is -0.290. The van der Waals surface area contributed by atoms with Crippen LogP contribution in [-0.4, -0.2) is 83.2 Å². The van der Waals surface area contributed by atoms with E-state index in [1.807, 2.05) is 41.6 Å². The van der Waals surface area contributed by atoms with Crippen molar-refractivity contribution in [1.82, 2.24) is 19.8 Å². The molecule has 7 heteroatoms. The van der Waals surface area contributed by atoms with Crippen molar-refractivity contribution in [2.45, 2.75) is 18.9 Å². The summed E-state index contributed by atoms with van der Waals surface area (Å²) in [5, 5.41) is 10.8. The second kappa shape index (κ2) is 10.00. The van der Waals surface area contributed by atoms with Gasteiger partial charge in [0.05, 0.1) is 6.10 Å². The van der Waals surface area contributed by atoms with Crippen LogP contribution in [0.3, 0.4) is 0 Å². The lowest BCUT2D eigenvalue weighted by Crippen LogP contribution is -2.44. The van der Waals surface area contributed by atoms with E-state index in [-0.39, 0.29) is 12.0 Å². The summed E-state index contributed by atoms with van der Waals surface area (Å²) in [6.07, 6.45) is 4.91. The van der Waals surface area contributed by atoms with Crippen molar-refractivity contribution in [2.24, 2.45) is 0 Å². The largest absolute Gasteiger partial charge is 0.393 e. The van der Waals surface area contributed by atoms with Crippen molar-refractivity contribution in [3.63, 3.8) is 0 Å². The number of aliphatic hydroxyl groups is 1. The SMILES string of the molecule is CN1CCN(c2ccc(-c3cnc4[nH]cc(-c5ccc(C(=O)N6CCC(O)CC6)cc5)c4c3)cc2)CC1. The quantitative estimate of drug-likeness (QED) is 0.443. The molecular formula is C30H33N5O2. The number of nitrogens with zero attached hydrogens (tertiary/aromatic N) is 4. The number of nitrogens with one attached hydrogen (secondary N) is 1. The van der Waals surface area contributed by atoms with Crippen LogP contribution in [0.25, 0.3) is 33.3 Å². The number of carbonyl (C=O) groups is 1. The molecule has 2 N–H and O–H groups in total. The number of hydrogen-bond donors (Lipinski definition) is 2. The number of carbonyl (C=O) groups excluding carboxylic acids is 1. The van der Waals surface area contributed by atoms with Gasteiger partial charge in [-0.05, 0) is 61.3 Å². The Labute approximate surface area is 217 Å². The third kappa shape index (κ3) is 4.84. The number of anilines is 1. The number of aromatic amines is 1. The Morgan fingerprint density at radius 1 is 0.892 bits per heavy atom. The average molecular weight is 496 g/mol. The standard InChI is InChI=1S/C30H33N5O2/c1-33-14-16-34(17-15-33)25-8-6-21(7-9-25)24-18-27-28(20-32-29(27)31-19-24)22-2-4-23(5-3-22)30(37)35-12-10-26(36)11-13-35/h2-9,18-20,26,36H,10-17H2,1H3,(H,31,32). The number of piperidine rings is 1. The predicted molar refractivity (Wildman–Crippen MR) is 148 cm³/mol. The molecule has 4 heterocycles. The third-order valence-electron chi connectivity index (χ3n) is 7.79. The van der Waals surface area contributed by atoms with Gasteiger partial charge in [0.1, 0.15) is 5.65 Å². The van der Waals surface area contributed by atoms with E-state index < -0.39 is 0 Å². The number of hydrogen-bond acceptors (Lipinski definition) is 5. The highest BCUT2D eigenvalue weighted by Crippen LogP contribution is 2.32. The van der Waals surface area contributed by atoms with Gasteiger partial charge in [0.25, 0.3) is 5.91 Å². The Balaban J connectivity index is 1.22. The molecule has 37 heavy (non-hydrogen) atoms. The van der Waals surface area contributed by atoms with E-state index in [1.165, 1.54) is 5.69 Å². The molecular weight excluding hydrogens is 462 g/mol. The van der Waals surface area contributed by atoms with E-state index >= 15 is 0 Å². The van der Waals surface area contributed by atoms with Gasteiger partial charge in [0, 0.05) is 79.4 Å². The number of piperazine rings is 1.